The second-order valence-electron chi connectivity index (χ2n) is 2.48. The molecule has 3 nitrogen and oxygen atoms in total. The molecule has 0 atom stereocenters. The molecule has 0 unspecified atom stereocenters. The van der Waals surface area contributed by atoms with Crippen LogP contribution in [-0.4, -0.2) is 25.3 Å². The predicted octanol–water partition coefficient (Wildman–Crippen LogP) is 1.85. The molecule has 72 valence electrons. The molecule has 0 radical (unpaired) electrons. The fourth-order valence-corrected chi connectivity index (χ4v) is 0.963. The zero-order valence-electron chi connectivity index (χ0n) is 7.50. The zero-order chi connectivity index (χ0) is 9.52. The van der Waals surface area contributed by atoms with E-state index in [1.54, 1.807) is 19.4 Å². The van der Waals surface area contributed by atoms with Crippen LogP contribution in [0.4, 0.5) is 0 Å². The largest absolute Gasteiger partial charge is 0.475 e. The van der Waals surface area contributed by atoms with Crippen LogP contribution in [-0.2, 0) is 10.6 Å². The monoisotopic (exact) mass is 201 g/mol. The number of alkyl halides is 1. The van der Waals surface area contributed by atoms with Crippen molar-refractivity contribution in [3.05, 3.63) is 23.9 Å². The van der Waals surface area contributed by atoms with Crippen LogP contribution in [0.15, 0.2) is 18.3 Å². The van der Waals surface area contributed by atoms with Crippen LogP contribution in [0.3, 0.4) is 0 Å². The first-order chi connectivity index (χ1) is 6.36. The van der Waals surface area contributed by atoms with Crippen LogP contribution in [0.25, 0.3) is 0 Å². The summed E-state index contributed by atoms with van der Waals surface area (Å²) < 4.78 is 10.1. The number of ether oxygens (including phenoxy) is 2. The Morgan fingerprint density at radius 3 is 2.77 bits per heavy atom. The number of aromatic nitrogens is 1. The van der Waals surface area contributed by atoms with Crippen molar-refractivity contribution < 1.29 is 9.47 Å². The average Bonchev–Trinajstić information content (AvgIpc) is 2.19. The maximum absolute atomic E-state index is 5.61. The summed E-state index contributed by atoms with van der Waals surface area (Å²) in [6.07, 6.45) is 1.70. The minimum atomic E-state index is 0.478. The van der Waals surface area contributed by atoms with Crippen molar-refractivity contribution in [3.8, 4) is 5.88 Å². The smallest absolute Gasteiger partial charge is 0.213 e. The molecule has 0 aliphatic heterocycles. The third-order valence-corrected chi connectivity index (χ3v) is 1.80. The topological polar surface area (TPSA) is 31.4 Å². The molecule has 0 N–H and O–H groups in total. The van der Waals surface area contributed by atoms with E-state index in [1.165, 1.54) is 0 Å². The van der Waals surface area contributed by atoms with E-state index in [2.05, 4.69) is 4.98 Å². The van der Waals surface area contributed by atoms with E-state index in [0.29, 0.717) is 25.0 Å². The Hall–Kier alpha value is -0.800. The summed E-state index contributed by atoms with van der Waals surface area (Å²) in [5.74, 6) is 1.08. The zero-order valence-corrected chi connectivity index (χ0v) is 8.25. The number of hydrogen-bond acceptors (Lipinski definition) is 3. The highest BCUT2D eigenvalue weighted by Gasteiger charge is 1.95. The van der Waals surface area contributed by atoms with E-state index in [9.17, 15) is 0 Å². The van der Waals surface area contributed by atoms with Gasteiger partial charge in [0.15, 0.2) is 0 Å². The summed E-state index contributed by atoms with van der Waals surface area (Å²) in [7, 11) is 1.63. The van der Waals surface area contributed by atoms with Crippen molar-refractivity contribution >= 4 is 11.6 Å². The highest BCUT2D eigenvalue weighted by molar-refractivity contribution is 6.17. The van der Waals surface area contributed by atoms with E-state index < -0.39 is 0 Å². The highest BCUT2D eigenvalue weighted by atomic mass is 35.5. The van der Waals surface area contributed by atoms with Gasteiger partial charge in [0, 0.05) is 25.3 Å². The first-order valence-electron chi connectivity index (χ1n) is 3.99. The molecule has 1 heterocycles. The number of hydrogen-bond donors (Lipinski definition) is 0. The van der Waals surface area contributed by atoms with Crippen LogP contribution in [0.5, 0.6) is 5.88 Å². The quantitative estimate of drug-likeness (QED) is 0.538. The lowest BCUT2D eigenvalue weighted by Crippen LogP contribution is -2.05. The van der Waals surface area contributed by atoms with Gasteiger partial charge in [-0.2, -0.15) is 0 Å². The molecule has 0 saturated heterocycles. The van der Waals surface area contributed by atoms with E-state index >= 15 is 0 Å². The third kappa shape index (κ3) is 3.61. The normalized spacial score (nSPS) is 10.0. The summed E-state index contributed by atoms with van der Waals surface area (Å²) in [4.78, 5) is 4.06. The number of halogens is 1. The Labute approximate surface area is 82.6 Å². The van der Waals surface area contributed by atoms with Crippen LogP contribution < -0.4 is 4.74 Å². The minimum Gasteiger partial charge on any atom is -0.475 e. The number of pyridine rings is 1. The number of methoxy groups -OCH3 is 1. The van der Waals surface area contributed by atoms with E-state index in [4.69, 9.17) is 21.1 Å². The van der Waals surface area contributed by atoms with Crippen molar-refractivity contribution in [3.63, 3.8) is 0 Å². The molecule has 0 aliphatic rings. The van der Waals surface area contributed by atoms with Gasteiger partial charge in [-0.3, -0.25) is 0 Å². The van der Waals surface area contributed by atoms with Crippen molar-refractivity contribution in [1.82, 2.24) is 4.98 Å². The van der Waals surface area contributed by atoms with Gasteiger partial charge in [0.25, 0.3) is 0 Å². The molecule has 0 aromatic carbocycles. The molecule has 1 aromatic heterocycles. The summed E-state index contributed by atoms with van der Waals surface area (Å²) in [5, 5.41) is 0. The van der Waals surface area contributed by atoms with Gasteiger partial charge in [-0.25, -0.2) is 4.98 Å². The van der Waals surface area contributed by atoms with Gasteiger partial charge in [0.2, 0.25) is 5.88 Å². The molecule has 0 bridgehead atoms. The van der Waals surface area contributed by atoms with E-state index in [-0.39, 0.29) is 0 Å². The Balaban J connectivity index is 2.40. The molecule has 0 fully saturated rings. The van der Waals surface area contributed by atoms with Crippen LogP contribution in [0, 0.1) is 0 Å². The summed E-state index contributed by atoms with van der Waals surface area (Å²) >= 11 is 5.61. The third-order valence-electron chi connectivity index (χ3n) is 1.49. The lowest BCUT2D eigenvalue weighted by Gasteiger charge is -2.03. The molecular weight excluding hydrogens is 190 g/mol. The maximum Gasteiger partial charge on any atom is 0.213 e. The molecule has 0 saturated carbocycles. The second-order valence-corrected chi connectivity index (χ2v) is 2.75. The molecule has 1 aromatic rings. The first-order valence-corrected chi connectivity index (χ1v) is 4.53. The van der Waals surface area contributed by atoms with Gasteiger partial charge in [-0.05, 0) is 5.56 Å². The molecule has 0 amide bonds. The highest BCUT2D eigenvalue weighted by Crippen LogP contribution is 2.08. The first kappa shape index (κ1) is 10.3. The predicted molar refractivity (Wildman–Crippen MR) is 51.2 cm³/mol. The van der Waals surface area contributed by atoms with Gasteiger partial charge in [-0.1, -0.05) is 6.07 Å². The van der Waals surface area contributed by atoms with Gasteiger partial charge >= 0.3 is 0 Å². The fraction of sp³-hybridized carbons (Fsp3) is 0.444. The van der Waals surface area contributed by atoms with Crippen molar-refractivity contribution in [2.75, 3.05) is 20.3 Å². The van der Waals surface area contributed by atoms with Gasteiger partial charge in [0.1, 0.15) is 6.61 Å². The van der Waals surface area contributed by atoms with Crippen LogP contribution in [0.1, 0.15) is 5.56 Å². The van der Waals surface area contributed by atoms with Gasteiger partial charge < -0.3 is 9.47 Å². The van der Waals surface area contributed by atoms with Crippen molar-refractivity contribution in [2.45, 2.75) is 5.88 Å². The lowest BCUT2D eigenvalue weighted by atomic mass is 10.3. The Morgan fingerprint density at radius 2 is 2.23 bits per heavy atom. The molecular formula is C9H12ClNO2. The van der Waals surface area contributed by atoms with Crippen molar-refractivity contribution in [2.24, 2.45) is 0 Å². The Morgan fingerprint density at radius 1 is 1.38 bits per heavy atom. The maximum atomic E-state index is 5.61. The fourth-order valence-electron chi connectivity index (χ4n) is 0.805. The molecule has 1 rings (SSSR count). The summed E-state index contributed by atoms with van der Waals surface area (Å²) in [6, 6.07) is 3.69. The second kappa shape index (κ2) is 5.78. The van der Waals surface area contributed by atoms with Crippen LogP contribution in [0.2, 0.25) is 0 Å². The Kier molecular flexibility index (Phi) is 4.57. The average molecular weight is 202 g/mol. The molecule has 13 heavy (non-hydrogen) atoms. The van der Waals surface area contributed by atoms with Crippen molar-refractivity contribution in [1.29, 1.82) is 0 Å². The van der Waals surface area contributed by atoms with E-state index in [0.717, 1.165) is 5.56 Å². The Bertz CT molecular complexity index is 238. The SMILES string of the molecule is COCCOc1ccc(CCl)cn1. The molecule has 0 spiro atoms. The lowest BCUT2D eigenvalue weighted by molar-refractivity contribution is 0.143. The van der Waals surface area contributed by atoms with Crippen LogP contribution >= 0.6 is 11.6 Å². The minimum absolute atomic E-state index is 0.478. The van der Waals surface area contributed by atoms with E-state index in [1.807, 2.05) is 6.07 Å². The van der Waals surface area contributed by atoms with Gasteiger partial charge in [0.05, 0.1) is 6.61 Å². The standard InChI is InChI=1S/C9H12ClNO2/c1-12-4-5-13-9-3-2-8(6-10)7-11-9/h2-3,7H,4-6H2,1H3. The number of nitrogens with zero attached hydrogens (tertiary/aromatic N) is 1. The summed E-state index contributed by atoms with van der Waals surface area (Å²) in [6.45, 7) is 1.09. The number of rotatable bonds is 5. The molecule has 0 aliphatic carbocycles. The summed E-state index contributed by atoms with van der Waals surface area (Å²) in [5.41, 5.74) is 0.987. The molecule has 4 heteroatoms. The van der Waals surface area contributed by atoms with Gasteiger partial charge in [-0.15, -0.1) is 11.6 Å².